The van der Waals surface area contributed by atoms with Crippen molar-refractivity contribution in [3.63, 3.8) is 0 Å². The maximum Gasteiger partial charge on any atom is 0.412 e. The molecule has 4 aromatic rings. The summed E-state index contributed by atoms with van der Waals surface area (Å²) in [5, 5.41) is 17.1. The fourth-order valence-corrected chi connectivity index (χ4v) is 5.03. The van der Waals surface area contributed by atoms with Crippen LogP contribution in [0, 0.1) is 5.82 Å². The summed E-state index contributed by atoms with van der Waals surface area (Å²) in [5.74, 6) is -2.99. The minimum absolute atomic E-state index is 0.163. The van der Waals surface area contributed by atoms with Gasteiger partial charge in [0.05, 0.1) is 6.33 Å². The van der Waals surface area contributed by atoms with Gasteiger partial charge in [-0.05, 0) is 19.1 Å². The third kappa shape index (κ3) is 5.60. The predicted octanol–water partition coefficient (Wildman–Crippen LogP) is 2.97. The van der Waals surface area contributed by atoms with Gasteiger partial charge in [0, 0.05) is 18.7 Å². The summed E-state index contributed by atoms with van der Waals surface area (Å²) in [7, 11) is 0. The third-order valence-electron chi connectivity index (χ3n) is 6.96. The molecule has 4 unspecified atom stereocenters. The Morgan fingerprint density at radius 2 is 1.80 bits per heavy atom. The van der Waals surface area contributed by atoms with E-state index in [1.54, 1.807) is 11.5 Å². The Bertz CT molecular complexity index is 1700. The molecule has 2 fully saturated rings. The lowest BCUT2D eigenvalue weighted by atomic mass is 10.1. The van der Waals surface area contributed by atoms with Crippen molar-refractivity contribution < 1.29 is 42.8 Å². The number of urea groups is 1. The van der Waals surface area contributed by atoms with Crippen molar-refractivity contribution in [2.24, 2.45) is 0 Å². The predicted molar refractivity (Wildman–Crippen MR) is 148 cm³/mol. The number of carbonyl (C=O) groups is 3. The van der Waals surface area contributed by atoms with E-state index in [2.05, 4.69) is 30.9 Å². The Morgan fingerprint density at radius 3 is 2.57 bits per heavy atom. The Hall–Kier alpha value is -5.19. The van der Waals surface area contributed by atoms with Gasteiger partial charge >= 0.3 is 18.1 Å². The van der Waals surface area contributed by atoms with E-state index in [1.165, 1.54) is 18.7 Å². The SMILES string of the molecule is CCNC(=O)Nc1ncnc2c1ncn2C1OC(CNC(=O)Oc2c(F)cccc2C(=O)O)C2O[C@H](c3ccccc3)OC21. The number of hydrogen-bond donors (Lipinski definition) is 4. The van der Waals surface area contributed by atoms with Crippen LogP contribution in [0.2, 0.25) is 0 Å². The van der Waals surface area contributed by atoms with E-state index in [9.17, 15) is 23.9 Å². The molecule has 5 atom stereocenters. The Kier molecular flexibility index (Phi) is 8.01. The number of aromatic carboxylic acids is 1. The minimum Gasteiger partial charge on any atom is -0.478 e. The second-order valence-electron chi connectivity index (χ2n) is 9.73. The molecule has 4 heterocycles. The molecule has 2 aliphatic heterocycles. The molecule has 44 heavy (non-hydrogen) atoms. The molecule has 16 heteroatoms. The number of nitrogens with zero attached hydrogens (tertiary/aromatic N) is 4. The average Bonchev–Trinajstić information content (AvgIpc) is 3.72. The number of fused-ring (bicyclic) bond motifs is 2. The largest absolute Gasteiger partial charge is 0.478 e. The van der Waals surface area contributed by atoms with Gasteiger partial charge in [0.15, 0.2) is 41.1 Å². The molecule has 15 nitrogen and oxygen atoms in total. The van der Waals surface area contributed by atoms with E-state index in [4.69, 9.17) is 18.9 Å². The number of carboxylic acid groups (broad SMARTS) is 1. The van der Waals surface area contributed by atoms with Crippen molar-refractivity contribution in [2.75, 3.05) is 18.4 Å². The summed E-state index contributed by atoms with van der Waals surface area (Å²) in [5.41, 5.74) is 0.905. The molecule has 4 N–H and O–H groups in total. The van der Waals surface area contributed by atoms with Crippen LogP contribution in [-0.2, 0) is 14.2 Å². The number of nitrogens with one attached hydrogen (secondary N) is 3. The van der Waals surface area contributed by atoms with E-state index in [0.717, 1.165) is 17.7 Å². The summed E-state index contributed by atoms with van der Waals surface area (Å²) in [6.45, 7) is 2.03. The molecular weight excluding hydrogens is 581 g/mol. The van der Waals surface area contributed by atoms with Crippen molar-refractivity contribution in [1.82, 2.24) is 30.2 Å². The molecule has 0 spiro atoms. The average molecular weight is 608 g/mol. The second kappa shape index (κ2) is 12.2. The molecule has 0 aliphatic carbocycles. The van der Waals surface area contributed by atoms with Gasteiger partial charge < -0.3 is 34.7 Å². The number of ether oxygens (including phenoxy) is 4. The summed E-state index contributed by atoms with van der Waals surface area (Å²) in [4.78, 5) is 49.1. The first-order chi connectivity index (χ1) is 21.3. The van der Waals surface area contributed by atoms with Crippen molar-refractivity contribution in [3.8, 4) is 5.75 Å². The Labute approximate surface area is 248 Å². The quantitative estimate of drug-likeness (QED) is 0.231. The highest BCUT2D eigenvalue weighted by Crippen LogP contribution is 2.44. The number of para-hydroxylation sites is 1. The van der Waals surface area contributed by atoms with Crippen LogP contribution >= 0.6 is 0 Å². The topological polar surface area (TPSA) is 188 Å². The number of imidazole rings is 1. The Balaban J connectivity index is 1.24. The zero-order valence-corrected chi connectivity index (χ0v) is 23.0. The van der Waals surface area contributed by atoms with Crippen LogP contribution in [0.4, 0.5) is 19.8 Å². The van der Waals surface area contributed by atoms with Crippen molar-refractivity contribution in [1.29, 1.82) is 0 Å². The molecule has 2 saturated heterocycles. The van der Waals surface area contributed by atoms with Crippen LogP contribution in [0.3, 0.4) is 0 Å². The minimum atomic E-state index is -1.46. The standard InChI is InChI=1S/C28H26FN7O8/c1-2-30-27(39)35-22-18-23(33-12-32-22)36(13-34-18)24-21-20(42-26(43-21)14-7-4-3-5-8-14)17(41-24)11-31-28(40)44-19-15(25(37)38)9-6-10-16(19)29/h3-10,12-13,17,20-21,24,26H,2,11H2,1H3,(H,31,40)(H,37,38)(H2,30,32,33,35,39)/t17?,20?,21?,24?,26-/m0/s1. The zero-order chi connectivity index (χ0) is 30.8. The van der Waals surface area contributed by atoms with Gasteiger partial charge in [-0.1, -0.05) is 36.4 Å². The molecule has 2 aliphatic rings. The van der Waals surface area contributed by atoms with Crippen LogP contribution < -0.4 is 20.7 Å². The first kappa shape index (κ1) is 28.9. The maximum atomic E-state index is 14.3. The summed E-state index contributed by atoms with van der Waals surface area (Å²) < 4.78 is 39.7. The van der Waals surface area contributed by atoms with Crippen LogP contribution in [0.25, 0.3) is 11.2 Å². The molecule has 0 radical (unpaired) electrons. The van der Waals surface area contributed by atoms with E-state index >= 15 is 0 Å². The van der Waals surface area contributed by atoms with Gasteiger partial charge in [-0.3, -0.25) is 9.88 Å². The summed E-state index contributed by atoms with van der Waals surface area (Å²) in [6.07, 6.45) is -2.11. The lowest BCUT2D eigenvalue weighted by Crippen LogP contribution is -2.40. The second-order valence-corrected chi connectivity index (χ2v) is 9.73. The van der Waals surface area contributed by atoms with Crippen LogP contribution in [0.1, 0.15) is 35.4 Å². The van der Waals surface area contributed by atoms with E-state index in [-0.39, 0.29) is 12.4 Å². The van der Waals surface area contributed by atoms with E-state index in [1.807, 2.05) is 30.3 Å². The highest BCUT2D eigenvalue weighted by atomic mass is 19.1. The molecule has 2 aromatic heterocycles. The fourth-order valence-electron chi connectivity index (χ4n) is 5.03. The first-order valence-electron chi connectivity index (χ1n) is 13.5. The van der Waals surface area contributed by atoms with Gasteiger partial charge in [0.25, 0.3) is 0 Å². The summed E-state index contributed by atoms with van der Waals surface area (Å²) in [6, 6.07) is 12.1. The van der Waals surface area contributed by atoms with Gasteiger partial charge in [0.2, 0.25) is 0 Å². The van der Waals surface area contributed by atoms with Crippen molar-refractivity contribution in [2.45, 2.75) is 37.8 Å². The van der Waals surface area contributed by atoms with Gasteiger partial charge in [-0.15, -0.1) is 0 Å². The van der Waals surface area contributed by atoms with E-state index < -0.39 is 66.1 Å². The zero-order valence-electron chi connectivity index (χ0n) is 23.0. The Morgan fingerprint density at radius 1 is 1.00 bits per heavy atom. The molecule has 0 saturated carbocycles. The van der Waals surface area contributed by atoms with Crippen LogP contribution in [0.5, 0.6) is 5.75 Å². The molecule has 2 aromatic carbocycles. The van der Waals surface area contributed by atoms with Gasteiger partial charge in [0.1, 0.15) is 30.2 Å². The summed E-state index contributed by atoms with van der Waals surface area (Å²) >= 11 is 0. The van der Waals surface area contributed by atoms with Crippen molar-refractivity contribution in [3.05, 3.63) is 78.1 Å². The number of anilines is 1. The highest BCUT2D eigenvalue weighted by Gasteiger charge is 2.54. The molecule has 228 valence electrons. The van der Waals surface area contributed by atoms with Crippen LogP contribution in [0.15, 0.2) is 61.2 Å². The lowest BCUT2D eigenvalue weighted by Gasteiger charge is -2.21. The number of rotatable bonds is 8. The number of benzene rings is 2. The molecular formula is C28H26FN7O8. The molecule has 0 bridgehead atoms. The first-order valence-corrected chi connectivity index (χ1v) is 13.5. The maximum absolute atomic E-state index is 14.3. The van der Waals surface area contributed by atoms with Crippen LogP contribution in [-0.4, -0.2) is 74.1 Å². The molecule has 6 rings (SSSR count). The molecule has 3 amide bonds. The highest BCUT2D eigenvalue weighted by molar-refractivity contribution is 5.95. The van der Waals surface area contributed by atoms with Gasteiger partial charge in [-0.25, -0.2) is 33.7 Å². The monoisotopic (exact) mass is 607 g/mol. The van der Waals surface area contributed by atoms with Crippen molar-refractivity contribution >= 4 is 35.1 Å². The number of amides is 3. The number of hydrogen-bond acceptors (Lipinski definition) is 10. The number of aromatic nitrogens is 4. The van der Waals surface area contributed by atoms with E-state index in [0.29, 0.717) is 17.7 Å². The number of carbonyl (C=O) groups excluding carboxylic acids is 2. The normalized spacial score (nSPS) is 22.4. The number of carboxylic acids is 1. The number of halogens is 1. The lowest BCUT2D eigenvalue weighted by molar-refractivity contribution is -0.146. The fraction of sp³-hybridized carbons (Fsp3) is 0.286. The third-order valence-corrected chi connectivity index (χ3v) is 6.96. The smallest absolute Gasteiger partial charge is 0.412 e. The van der Waals surface area contributed by atoms with Gasteiger partial charge in [-0.2, -0.15) is 0 Å².